The van der Waals surface area contributed by atoms with Gasteiger partial charge in [-0.2, -0.15) is 0 Å². The third kappa shape index (κ3) is 4.19. The molecule has 1 aliphatic heterocycles. The Kier molecular flexibility index (Phi) is 5.52. The number of ether oxygens (including phenoxy) is 1. The van der Waals surface area contributed by atoms with Crippen LogP contribution < -0.4 is 0 Å². The van der Waals surface area contributed by atoms with Gasteiger partial charge in [-0.05, 0) is 44.9 Å². The molecule has 1 fully saturated rings. The van der Waals surface area contributed by atoms with Crippen LogP contribution in [0.5, 0.6) is 0 Å². The molecule has 1 aliphatic rings. The van der Waals surface area contributed by atoms with Gasteiger partial charge < -0.3 is 14.7 Å². The summed E-state index contributed by atoms with van der Waals surface area (Å²) in [6.45, 7) is 5.09. The molecule has 2 heterocycles. The van der Waals surface area contributed by atoms with E-state index < -0.39 is 5.97 Å². The van der Waals surface area contributed by atoms with Gasteiger partial charge in [0.05, 0.1) is 29.3 Å². The average molecular weight is 356 g/mol. The SMILES string of the molecule is Cc1ccc2nc(C)c(C(=O)N(CCC(=O)O)CC3CCCO3)cc2c1. The molecule has 6 heteroatoms. The van der Waals surface area contributed by atoms with Gasteiger partial charge in [-0.15, -0.1) is 0 Å². The van der Waals surface area contributed by atoms with Gasteiger partial charge in [-0.25, -0.2) is 0 Å². The van der Waals surface area contributed by atoms with E-state index in [4.69, 9.17) is 9.84 Å². The molecule has 6 nitrogen and oxygen atoms in total. The summed E-state index contributed by atoms with van der Waals surface area (Å²) in [4.78, 5) is 30.3. The van der Waals surface area contributed by atoms with Gasteiger partial charge >= 0.3 is 5.97 Å². The Balaban J connectivity index is 1.89. The standard InChI is InChI=1S/C20H24N2O4/c1-13-5-6-18-15(10-13)11-17(14(2)21-18)20(25)22(8-7-19(23)24)12-16-4-3-9-26-16/h5-6,10-11,16H,3-4,7-9,12H2,1-2H3,(H,23,24). The number of carbonyl (C=O) groups excluding carboxylic acids is 1. The predicted octanol–water partition coefficient (Wildman–Crippen LogP) is 2.95. The van der Waals surface area contributed by atoms with E-state index in [0.717, 1.165) is 29.3 Å². The van der Waals surface area contributed by atoms with E-state index in [9.17, 15) is 9.59 Å². The highest BCUT2D eigenvalue weighted by Crippen LogP contribution is 2.21. The third-order valence-electron chi connectivity index (χ3n) is 4.72. The van der Waals surface area contributed by atoms with E-state index in [2.05, 4.69) is 4.98 Å². The Morgan fingerprint density at radius 2 is 2.12 bits per heavy atom. The van der Waals surface area contributed by atoms with E-state index in [0.29, 0.717) is 24.4 Å². The van der Waals surface area contributed by atoms with E-state index in [1.165, 1.54) is 0 Å². The molecule has 3 rings (SSSR count). The van der Waals surface area contributed by atoms with Crippen molar-refractivity contribution in [2.45, 2.75) is 39.2 Å². The molecule has 0 aliphatic carbocycles. The monoisotopic (exact) mass is 356 g/mol. The van der Waals surface area contributed by atoms with Crippen molar-refractivity contribution in [3.63, 3.8) is 0 Å². The maximum atomic E-state index is 13.1. The Hall–Kier alpha value is -2.47. The third-order valence-corrected chi connectivity index (χ3v) is 4.72. The zero-order valence-electron chi connectivity index (χ0n) is 15.2. The van der Waals surface area contributed by atoms with Crippen LogP contribution in [0.25, 0.3) is 10.9 Å². The molecule has 1 aromatic heterocycles. The normalized spacial score (nSPS) is 16.8. The summed E-state index contributed by atoms with van der Waals surface area (Å²) in [6, 6.07) is 7.80. The lowest BCUT2D eigenvalue weighted by atomic mass is 10.1. The van der Waals surface area contributed by atoms with Crippen LogP contribution in [-0.4, -0.2) is 52.7 Å². The van der Waals surface area contributed by atoms with Crippen LogP contribution in [0.4, 0.5) is 0 Å². The maximum Gasteiger partial charge on any atom is 0.305 e. The number of fused-ring (bicyclic) bond motifs is 1. The first kappa shape index (κ1) is 18.3. The van der Waals surface area contributed by atoms with Crippen LogP contribution >= 0.6 is 0 Å². The number of nitrogens with zero attached hydrogens (tertiary/aromatic N) is 2. The van der Waals surface area contributed by atoms with Crippen molar-refractivity contribution in [3.05, 3.63) is 41.1 Å². The molecule has 1 unspecified atom stereocenters. The zero-order chi connectivity index (χ0) is 18.7. The molecule has 1 amide bonds. The summed E-state index contributed by atoms with van der Waals surface area (Å²) in [5.74, 6) is -1.10. The van der Waals surface area contributed by atoms with Gasteiger partial charge in [0.1, 0.15) is 0 Å². The molecule has 2 aromatic rings. The molecule has 1 saturated heterocycles. The van der Waals surface area contributed by atoms with Crippen molar-refractivity contribution >= 4 is 22.8 Å². The highest BCUT2D eigenvalue weighted by atomic mass is 16.5. The van der Waals surface area contributed by atoms with Crippen LogP contribution in [-0.2, 0) is 9.53 Å². The number of carboxylic acids is 1. The number of rotatable bonds is 6. The summed E-state index contributed by atoms with van der Waals surface area (Å²) in [7, 11) is 0. The van der Waals surface area contributed by atoms with Gasteiger partial charge in [-0.3, -0.25) is 14.6 Å². The fourth-order valence-electron chi connectivity index (χ4n) is 3.32. The molecule has 26 heavy (non-hydrogen) atoms. The van der Waals surface area contributed by atoms with Gasteiger partial charge in [0.15, 0.2) is 0 Å². The fourth-order valence-corrected chi connectivity index (χ4v) is 3.32. The number of hydrogen-bond donors (Lipinski definition) is 1. The summed E-state index contributed by atoms with van der Waals surface area (Å²) in [5, 5.41) is 9.93. The van der Waals surface area contributed by atoms with Gasteiger partial charge in [0, 0.05) is 25.1 Å². The molecule has 138 valence electrons. The Labute approximate surface area is 152 Å². The van der Waals surface area contributed by atoms with E-state index in [1.54, 1.807) is 4.90 Å². The Morgan fingerprint density at radius 3 is 2.81 bits per heavy atom. The topological polar surface area (TPSA) is 79.7 Å². The molecular weight excluding hydrogens is 332 g/mol. The van der Waals surface area contributed by atoms with Crippen LogP contribution in [0.1, 0.15) is 40.9 Å². The smallest absolute Gasteiger partial charge is 0.305 e. The van der Waals surface area contributed by atoms with Crippen molar-refractivity contribution in [1.82, 2.24) is 9.88 Å². The highest BCUT2D eigenvalue weighted by molar-refractivity contribution is 5.98. The van der Waals surface area contributed by atoms with Crippen molar-refractivity contribution in [1.29, 1.82) is 0 Å². The summed E-state index contributed by atoms with van der Waals surface area (Å²) in [5.41, 5.74) is 3.12. The van der Waals surface area contributed by atoms with Crippen LogP contribution in [0.2, 0.25) is 0 Å². The predicted molar refractivity (Wildman–Crippen MR) is 98.3 cm³/mol. The molecule has 0 radical (unpaired) electrons. The summed E-state index contributed by atoms with van der Waals surface area (Å²) < 4.78 is 5.64. The number of pyridine rings is 1. The lowest BCUT2D eigenvalue weighted by Crippen LogP contribution is -2.39. The zero-order valence-corrected chi connectivity index (χ0v) is 15.2. The van der Waals surface area contributed by atoms with Crippen molar-refractivity contribution in [3.8, 4) is 0 Å². The number of aromatic nitrogens is 1. The number of aliphatic carboxylic acids is 1. The van der Waals surface area contributed by atoms with E-state index in [1.807, 2.05) is 38.1 Å². The second-order valence-electron chi connectivity index (χ2n) is 6.85. The number of aryl methyl sites for hydroxylation is 2. The van der Waals surface area contributed by atoms with E-state index >= 15 is 0 Å². The minimum absolute atomic E-state index is 0.0243. The molecule has 0 bridgehead atoms. The van der Waals surface area contributed by atoms with Crippen LogP contribution in [0.3, 0.4) is 0 Å². The lowest BCUT2D eigenvalue weighted by Gasteiger charge is -2.25. The minimum atomic E-state index is -0.917. The molecule has 1 aromatic carbocycles. The minimum Gasteiger partial charge on any atom is -0.481 e. The Bertz CT molecular complexity index is 828. The number of amides is 1. The number of benzene rings is 1. The molecule has 0 spiro atoms. The molecular formula is C20H24N2O4. The second kappa shape index (κ2) is 7.83. The van der Waals surface area contributed by atoms with Crippen molar-refractivity contribution in [2.75, 3.05) is 19.7 Å². The maximum absolute atomic E-state index is 13.1. The van der Waals surface area contributed by atoms with Crippen molar-refractivity contribution in [2.24, 2.45) is 0 Å². The quantitative estimate of drug-likeness (QED) is 0.861. The molecule has 0 saturated carbocycles. The summed E-state index contributed by atoms with van der Waals surface area (Å²) in [6.07, 6.45) is 1.76. The van der Waals surface area contributed by atoms with Gasteiger partial charge in [0.25, 0.3) is 5.91 Å². The average Bonchev–Trinajstić information content (AvgIpc) is 3.10. The fraction of sp³-hybridized carbons (Fsp3) is 0.450. The highest BCUT2D eigenvalue weighted by Gasteiger charge is 2.25. The second-order valence-corrected chi connectivity index (χ2v) is 6.85. The number of hydrogen-bond acceptors (Lipinski definition) is 4. The molecule has 1 atom stereocenters. The Morgan fingerprint density at radius 1 is 1.31 bits per heavy atom. The molecule has 1 N–H and O–H groups in total. The summed E-state index contributed by atoms with van der Waals surface area (Å²) >= 11 is 0. The largest absolute Gasteiger partial charge is 0.481 e. The van der Waals surface area contributed by atoms with Crippen LogP contribution in [0.15, 0.2) is 24.3 Å². The van der Waals surface area contributed by atoms with Crippen molar-refractivity contribution < 1.29 is 19.4 Å². The van der Waals surface area contributed by atoms with E-state index in [-0.39, 0.29) is 25.0 Å². The lowest BCUT2D eigenvalue weighted by molar-refractivity contribution is -0.137. The van der Waals surface area contributed by atoms with Crippen LogP contribution in [0, 0.1) is 13.8 Å². The number of carbonyl (C=O) groups is 2. The van der Waals surface area contributed by atoms with Gasteiger partial charge in [-0.1, -0.05) is 11.6 Å². The number of carboxylic acid groups (broad SMARTS) is 1. The van der Waals surface area contributed by atoms with Gasteiger partial charge in [0.2, 0.25) is 0 Å². The first-order chi connectivity index (χ1) is 12.4. The first-order valence-corrected chi connectivity index (χ1v) is 8.94. The first-order valence-electron chi connectivity index (χ1n) is 8.94.